The minimum absolute atomic E-state index is 0.195. The maximum atomic E-state index is 12.8. The predicted octanol–water partition coefficient (Wildman–Crippen LogP) is 4.49. The fraction of sp³-hybridized carbons (Fsp3) is 0.100. The van der Waals surface area contributed by atoms with E-state index in [9.17, 15) is 10.1 Å². The van der Waals surface area contributed by atoms with E-state index in [-0.39, 0.29) is 17.0 Å². The van der Waals surface area contributed by atoms with Crippen molar-refractivity contribution in [2.75, 3.05) is 18.2 Å². The smallest absolute Gasteiger partial charge is 0.205 e. The summed E-state index contributed by atoms with van der Waals surface area (Å²) >= 11 is 1.17. The van der Waals surface area contributed by atoms with Gasteiger partial charge in [0.15, 0.2) is 0 Å². The highest BCUT2D eigenvalue weighted by Crippen LogP contribution is 2.39. The maximum absolute atomic E-state index is 12.8. The van der Waals surface area contributed by atoms with Crippen LogP contribution in [-0.2, 0) is 0 Å². The number of anilines is 3. The summed E-state index contributed by atoms with van der Waals surface area (Å²) < 4.78 is 5.32. The zero-order valence-electron chi connectivity index (χ0n) is 14.4. The van der Waals surface area contributed by atoms with Crippen LogP contribution in [0.3, 0.4) is 0 Å². The molecule has 1 aromatic heterocycles. The van der Waals surface area contributed by atoms with Gasteiger partial charge in [-0.15, -0.1) is 11.3 Å². The van der Waals surface area contributed by atoms with Crippen molar-refractivity contribution < 1.29 is 9.53 Å². The molecule has 130 valence electrons. The number of ketones is 1. The molecule has 0 amide bonds. The summed E-state index contributed by atoms with van der Waals surface area (Å²) in [6.45, 7) is 1.96. The van der Waals surface area contributed by atoms with Gasteiger partial charge in [-0.25, -0.2) is 0 Å². The van der Waals surface area contributed by atoms with E-state index >= 15 is 0 Å². The molecule has 26 heavy (non-hydrogen) atoms. The normalized spacial score (nSPS) is 10.2. The molecule has 0 saturated heterocycles. The Labute approximate surface area is 155 Å². The summed E-state index contributed by atoms with van der Waals surface area (Å²) in [5.74, 6) is 0.437. The van der Waals surface area contributed by atoms with Crippen molar-refractivity contribution in [2.45, 2.75) is 6.92 Å². The monoisotopic (exact) mass is 363 g/mol. The Kier molecular flexibility index (Phi) is 4.92. The Morgan fingerprint density at radius 1 is 1.19 bits per heavy atom. The second-order valence-corrected chi connectivity index (χ2v) is 6.70. The molecule has 0 radical (unpaired) electrons. The molecule has 0 aliphatic carbocycles. The molecule has 2 aromatic carbocycles. The number of ether oxygens (including phenoxy) is 1. The van der Waals surface area contributed by atoms with Crippen molar-refractivity contribution in [1.29, 1.82) is 5.26 Å². The molecule has 6 heteroatoms. The second kappa shape index (κ2) is 7.30. The van der Waals surface area contributed by atoms with E-state index < -0.39 is 0 Å². The topological polar surface area (TPSA) is 88.1 Å². The van der Waals surface area contributed by atoms with Gasteiger partial charge in [-0.1, -0.05) is 42.0 Å². The van der Waals surface area contributed by atoms with Crippen LogP contribution in [0, 0.1) is 18.3 Å². The van der Waals surface area contributed by atoms with Crippen molar-refractivity contribution in [3.8, 4) is 11.8 Å². The molecule has 0 atom stereocenters. The van der Waals surface area contributed by atoms with Crippen molar-refractivity contribution >= 4 is 33.5 Å². The van der Waals surface area contributed by atoms with Crippen LogP contribution < -0.4 is 15.8 Å². The number of methoxy groups -OCH3 is 1. The molecule has 0 fully saturated rings. The molecule has 5 nitrogen and oxygen atoms in total. The highest BCUT2D eigenvalue weighted by Gasteiger charge is 2.22. The van der Waals surface area contributed by atoms with Crippen LogP contribution >= 0.6 is 11.3 Å². The molecular formula is C20H17N3O2S. The van der Waals surface area contributed by atoms with Crippen LogP contribution in [-0.4, -0.2) is 12.9 Å². The summed E-state index contributed by atoms with van der Waals surface area (Å²) in [7, 11) is 1.57. The van der Waals surface area contributed by atoms with Crippen molar-refractivity contribution in [3.63, 3.8) is 0 Å². The predicted molar refractivity (Wildman–Crippen MR) is 104 cm³/mol. The molecule has 0 bridgehead atoms. The van der Waals surface area contributed by atoms with E-state index in [1.807, 2.05) is 43.3 Å². The van der Waals surface area contributed by atoms with Gasteiger partial charge in [0.1, 0.15) is 27.3 Å². The number of hydrogen-bond donors (Lipinski definition) is 2. The fourth-order valence-electron chi connectivity index (χ4n) is 2.52. The lowest BCUT2D eigenvalue weighted by molar-refractivity contribution is 0.104. The van der Waals surface area contributed by atoms with Crippen LogP contribution in [0.2, 0.25) is 0 Å². The first-order valence-electron chi connectivity index (χ1n) is 7.89. The van der Waals surface area contributed by atoms with E-state index in [0.29, 0.717) is 26.9 Å². The minimum atomic E-state index is -0.197. The highest BCUT2D eigenvalue weighted by molar-refractivity contribution is 7.19. The number of benzene rings is 2. The Balaban J connectivity index is 2.01. The van der Waals surface area contributed by atoms with Gasteiger partial charge in [-0.2, -0.15) is 5.26 Å². The lowest BCUT2D eigenvalue weighted by atomic mass is 10.1. The number of nitrogens with two attached hydrogens (primary N) is 1. The van der Waals surface area contributed by atoms with Crippen LogP contribution in [0.4, 0.5) is 16.4 Å². The quantitative estimate of drug-likeness (QED) is 0.652. The Morgan fingerprint density at radius 2 is 1.88 bits per heavy atom. The first-order chi connectivity index (χ1) is 12.5. The molecule has 3 aromatic rings. The van der Waals surface area contributed by atoms with Gasteiger partial charge < -0.3 is 15.8 Å². The third-order valence-electron chi connectivity index (χ3n) is 3.93. The van der Waals surface area contributed by atoms with Gasteiger partial charge in [0, 0.05) is 5.56 Å². The van der Waals surface area contributed by atoms with Gasteiger partial charge in [0.2, 0.25) is 5.78 Å². The summed E-state index contributed by atoms with van der Waals surface area (Å²) in [5.41, 5.74) is 8.86. The van der Waals surface area contributed by atoms with E-state index in [1.165, 1.54) is 11.3 Å². The number of nitrogens with one attached hydrogen (secondary N) is 1. The van der Waals surface area contributed by atoms with Crippen LogP contribution in [0.15, 0.2) is 48.5 Å². The first kappa shape index (κ1) is 17.5. The van der Waals surface area contributed by atoms with E-state index in [0.717, 1.165) is 5.56 Å². The lowest BCUT2D eigenvalue weighted by Gasteiger charge is -2.09. The van der Waals surface area contributed by atoms with Gasteiger partial charge in [0.05, 0.1) is 18.5 Å². The molecule has 0 saturated carbocycles. The van der Waals surface area contributed by atoms with Gasteiger partial charge in [0.25, 0.3) is 0 Å². The molecule has 3 rings (SSSR count). The molecule has 1 heterocycles. The summed E-state index contributed by atoms with van der Waals surface area (Å²) in [4.78, 5) is 13.2. The zero-order valence-corrected chi connectivity index (χ0v) is 15.2. The summed E-state index contributed by atoms with van der Waals surface area (Å²) in [6, 6.07) is 16.7. The average molecular weight is 363 g/mol. The Morgan fingerprint density at radius 3 is 2.54 bits per heavy atom. The minimum Gasteiger partial charge on any atom is -0.495 e. The molecule has 0 aliphatic heterocycles. The average Bonchev–Trinajstić information content (AvgIpc) is 2.97. The van der Waals surface area contributed by atoms with Gasteiger partial charge in [-0.3, -0.25) is 4.79 Å². The number of carbonyl (C=O) groups excluding carboxylic acids is 1. The fourth-order valence-corrected chi connectivity index (χ4v) is 3.56. The number of aryl methyl sites for hydroxylation is 1. The number of nitrogen functional groups attached to an aromatic ring is 1. The largest absolute Gasteiger partial charge is 0.495 e. The van der Waals surface area contributed by atoms with Crippen molar-refractivity contribution in [3.05, 3.63) is 70.1 Å². The molecule has 3 N–H and O–H groups in total. The second-order valence-electron chi connectivity index (χ2n) is 5.68. The third-order valence-corrected chi connectivity index (χ3v) is 5.05. The van der Waals surface area contributed by atoms with E-state index in [1.54, 1.807) is 19.2 Å². The van der Waals surface area contributed by atoms with Gasteiger partial charge in [-0.05, 0) is 19.1 Å². The number of thiophene rings is 1. The first-order valence-corrected chi connectivity index (χ1v) is 8.70. The van der Waals surface area contributed by atoms with Crippen LogP contribution in [0.5, 0.6) is 5.75 Å². The van der Waals surface area contributed by atoms with Crippen molar-refractivity contribution in [1.82, 2.24) is 0 Å². The number of para-hydroxylation sites is 2. The number of hydrogen-bond acceptors (Lipinski definition) is 6. The molecule has 0 unspecified atom stereocenters. The van der Waals surface area contributed by atoms with Crippen molar-refractivity contribution in [2.24, 2.45) is 0 Å². The summed E-state index contributed by atoms with van der Waals surface area (Å²) in [5, 5.41) is 13.2. The molecule has 0 aliphatic rings. The molecular weight excluding hydrogens is 346 g/mol. The molecule has 0 spiro atoms. The zero-order chi connectivity index (χ0) is 18.7. The number of rotatable bonds is 5. The third kappa shape index (κ3) is 3.25. The SMILES string of the molecule is COc1ccccc1Nc1sc(C(=O)c2ccc(C)cc2)c(N)c1C#N. The van der Waals surface area contributed by atoms with Crippen LogP contribution in [0.25, 0.3) is 0 Å². The van der Waals surface area contributed by atoms with Gasteiger partial charge >= 0.3 is 0 Å². The maximum Gasteiger partial charge on any atom is 0.205 e. The Bertz CT molecular complexity index is 1000. The van der Waals surface area contributed by atoms with E-state index in [4.69, 9.17) is 10.5 Å². The van der Waals surface area contributed by atoms with Crippen LogP contribution in [0.1, 0.15) is 26.4 Å². The van der Waals surface area contributed by atoms with E-state index in [2.05, 4.69) is 11.4 Å². The number of carbonyl (C=O) groups is 1. The Hall–Kier alpha value is -3.30. The lowest BCUT2D eigenvalue weighted by Crippen LogP contribution is -2.02. The standard InChI is InChI=1S/C20H17N3O2S/c1-12-7-9-13(10-8-12)18(24)19-17(22)14(11-21)20(26-19)23-15-5-3-4-6-16(15)25-2/h3-10,23H,22H2,1-2H3. The number of nitriles is 1. The summed E-state index contributed by atoms with van der Waals surface area (Å²) in [6.07, 6.45) is 0. The number of nitrogens with zero attached hydrogens (tertiary/aromatic N) is 1. The highest BCUT2D eigenvalue weighted by atomic mass is 32.1.